The van der Waals surface area contributed by atoms with E-state index in [1.54, 1.807) is 0 Å². The topological polar surface area (TPSA) is 70.2 Å². The summed E-state index contributed by atoms with van der Waals surface area (Å²) in [7, 11) is 6.07. The molecule has 0 fully saturated rings. The van der Waals surface area contributed by atoms with Crippen molar-refractivity contribution in [1.29, 1.82) is 0 Å². The molecule has 6 heteroatoms. The lowest BCUT2D eigenvalue weighted by Gasteiger charge is -2.24. The van der Waals surface area contributed by atoms with Crippen LogP contribution in [0.15, 0.2) is 42.1 Å². The van der Waals surface area contributed by atoms with Gasteiger partial charge < -0.3 is 20.3 Å². The summed E-state index contributed by atoms with van der Waals surface area (Å²) in [5, 5.41) is 6.68. The van der Waals surface area contributed by atoms with Gasteiger partial charge in [0, 0.05) is 55.7 Å². The third kappa shape index (κ3) is 5.89. The first-order valence-electron chi connectivity index (χ1n) is 9.59. The summed E-state index contributed by atoms with van der Waals surface area (Å²) in [4.78, 5) is 20.2. The van der Waals surface area contributed by atoms with E-state index >= 15 is 0 Å². The van der Waals surface area contributed by atoms with Crippen molar-refractivity contribution >= 4 is 12.0 Å². The van der Waals surface area contributed by atoms with E-state index < -0.39 is 0 Å². The summed E-state index contributed by atoms with van der Waals surface area (Å²) in [5.74, 6) is 1.22. The van der Waals surface area contributed by atoms with Gasteiger partial charge in [-0.25, -0.2) is 9.97 Å². The highest BCUT2D eigenvalue weighted by Crippen LogP contribution is 2.27. The van der Waals surface area contributed by atoms with Gasteiger partial charge in [-0.15, -0.1) is 0 Å². The van der Waals surface area contributed by atoms with Gasteiger partial charge in [0.25, 0.3) is 0 Å². The van der Waals surface area contributed by atoms with Gasteiger partial charge in [0.2, 0.25) is 0 Å². The zero-order valence-electron chi connectivity index (χ0n) is 17.5. The highest BCUT2D eigenvalue weighted by molar-refractivity contribution is 5.63. The standard InChI is InChI=1S/C20H27N5.C2H4O/c1-14-23-19(15-6-9-18(10-7-15)25(3)4)11-20(24-14)16-5-8-17(13-21-2)22-12-16;1-2-3/h6-11,16,21-22H,5,12-13H2,1-4H3;2H,1H3. The van der Waals surface area contributed by atoms with Crippen LogP contribution < -0.4 is 15.5 Å². The molecule has 0 spiro atoms. The van der Waals surface area contributed by atoms with E-state index in [4.69, 9.17) is 9.78 Å². The van der Waals surface area contributed by atoms with Crippen LogP contribution in [0.25, 0.3) is 11.3 Å². The highest BCUT2D eigenvalue weighted by atomic mass is 16.1. The van der Waals surface area contributed by atoms with Crippen LogP contribution in [-0.2, 0) is 4.79 Å². The van der Waals surface area contributed by atoms with E-state index in [0.717, 1.165) is 48.6 Å². The van der Waals surface area contributed by atoms with Crippen LogP contribution in [0.1, 0.15) is 30.8 Å². The number of hydrogen-bond donors (Lipinski definition) is 2. The van der Waals surface area contributed by atoms with Crippen LogP contribution in [0.3, 0.4) is 0 Å². The summed E-state index contributed by atoms with van der Waals surface area (Å²) in [6.45, 7) is 5.22. The lowest BCUT2D eigenvalue weighted by atomic mass is 9.96. The number of aromatic nitrogens is 2. The number of aldehydes is 1. The molecule has 0 bridgehead atoms. The van der Waals surface area contributed by atoms with Crippen molar-refractivity contribution in [3.63, 3.8) is 0 Å². The number of nitrogens with zero attached hydrogens (tertiary/aromatic N) is 3. The number of hydrogen-bond acceptors (Lipinski definition) is 6. The Morgan fingerprint density at radius 1 is 1.25 bits per heavy atom. The molecule has 3 rings (SSSR count). The van der Waals surface area contributed by atoms with Crippen molar-refractivity contribution < 1.29 is 4.79 Å². The Kier molecular flexibility index (Phi) is 8.14. The molecule has 0 amide bonds. The molecule has 6 nitrogen and oxygen atoms in total. The highest BCUT2D eigenvalue weighted by Gasteiger charge is 2.18. The maximum atomic E-state index is 8.81. The van der Waals surface area contributed by atoms with E-state index in [0.29, 0.717) is 5.92 Å². The molecule has 1 unspecified atom stereocenters. The molecule has 2 aromatic rings. The van der Waals surface area contributed by atoms with Crippen LogP contribution in [0.4, 0.5) is 5.69 Å². The molecule has 2 heterocycles. The smallest absolute Gasteiger partial charge is 0.126 e. The lowest BCUT2D eigenvalue weighted by molar-refractivity contribution is -0.106. The number of allylic oxidation sites excluding steroid dienone is 1. The van der Waals surface area contributed by atoms with Gasteiger partial charge in [0.15, 0.2) is 0 Å². The van der Waals surface area contributed by atoms with Gasteiger partial charge in [-0.1, -0.05) is 18.2 Å². The molecule has 1 aromatic carbocycles. The van der Waals surface area contributed by atoms with Crippen LogP contribution in [0, 0.1) is 6.92 Å². The van der Waals surface area contributed by atoms with Crippen molar-refractivity contribution in [1.82, 2.24) is 20.6 Å². The number of aryl methyl sites for hydroxylation is 1. The minimum absolute atomic E-state index is 0.391. The number of carbonyl (C=O) groups excluding carboxylic acids is 1. The predicted octanol–water partition coefficient (Wildman–Crippen LogP) is 2.90. The number of nitrogens with one attached hydrogen (secondary N) is 2. The molecule has 1 aliphatic heterocycles. The van der Waals surface area contributed by atoms with Gasteiger partial charge in [-0.2, -0.15) is 0 Å². The predicted molar refractivity (Wildman–Crippen MR) is 116 cm³/mol. The molecular weight excluding hydrogens is 350 g/mol. The minimum atomic E-state index is 0.391. The Labute approximate surface area is 168 Å². The SMILES string of the molecule is CC=O.CNCC1=CCC(c2cc(-c3ccc(N(C)C)cc3)nc(C)n2)CN1. The summed E-state index contributed by atoms with van der Waals surface area (Å²) < 4.78 is 0. The molecule has 0 saturated heterocycles. The van der Waals surface area contributed by atoms with Crippen molar-refractivity contribution in [3.8, 4) is 11.3 Å². The molecule has 150 valence electrons. The van der Waals surface area contributed by atoms with E-state index in [1.165, 1.54) is 18.3 Å². The number of rotatable bonds is 5. The van der Waals surface area contributed by atoms with E-state index in [2.05, 4.69) is 56.9 Å². The average Bonchev–Trinajstić information content (AvgIpc) is 2.69. The third-order valence-corrected chi connectivity index (χ3v) is 4.55. The van der Waals surface area contributed by atoms with E-state index in [1.807, 2.05) is 28.1 Å². The Morgan fingerprint density at radius 3 is 2.46 bits per heavy atom. The molecule has 0 aliphatic carbocycles. The van der Waals surface area contributed by atoms with Crippen molar-refractivity contribution in [2.45, 2.75) is 26.2 Å². The third-order valence-electron chi connectivity index (χ3n) is 4.55. The first kappa shape index (κ1) is 21.6. The lowest BCUT2D eigenvalue weighted by Crippen LogP contribution is -2.30. The van der Waals surface area contributed by atoms with Crippen molar-refractivity contribution in [2.75, 3.05) is 39.1 Å². The van der Waals surface area contributed by atoms with E-state index in [9.17, 15) is 0 Å². The van der Waals surface area contributed by atoms with Gasteiger partial charge in [-0.3, -0.25) is 0 Å². The van der Waals surface area contributed by atoms with Gasteiger partial charge in [0.1, 0.15) is 12.1 Å². The molecule has 1 atom stereocenters. The maximum Gasteiger partial charge on any atom is 0.126 e. The molecule has 1 aromatic heterocycles. The Hall–Kier alpha value is -2.73. The van der Waals surface area contributed by atoms with Crippen LogP contribution in [0.2, 0.25) is 0 Å². The minimum Gasteiger partial charge on any atom is -0.387 e. The van der Waals surface area contributed by atoms with E-state index in [-0.39, 0.29) is 0 Å². The molecule has 0 radical (unpaired) electrons. The fourth-order valence-electron chi connectivity index (χ4n) is 3.12. The second kappa shape index (κ2) is 10.6. The maximum absolute atomic E-state index is 8.81. The number of likely N-dealkylation sites (N-methyl/N-ethyl adjacent to an activating group) is 1. The molecular formula is C22H31N5O. The first-order valence-corrected chi connectivity index (χ1v) is 9.59. The second-order valence-electron chi connectivity index (χ2n) is 6.98. The van der Waals surface area contributed by atoms with Crippen molar-refractivity contribution in [2.24, 2.45) is 0 Å². The van der Waals surface area contributed by atoms with Crippen LogP contribution in [-0.4, -0.2) is 50.5 Å². The Morgan fingerprint density at radius 2 is 1.93 bits per heavy atom. The Bertz CT molecular complexity index is 799. The molecule has 1 aliphatic rings. The number of benzene rings is 1. The summed E-state index contributed by atoms with van der Waals surface area (Å²) in [6.07, 6.45) is 4.03. The van der Waals surface area contributed by atoms with Gasteiger partial charge >= 0.3 is 0 Å². The summed E-state index contributed by atoms with van der Waals surface area (Å²) in [6, 6.07) is 10.7. The normalized spacial score (nSPS) is 15.6. The number of carbonyl (C=O) groups is 1. The van der Waals surface area contributed by atoms with Crippen LogP contribution in [0.5, 0.6) is 0 Å². The number of anilines is 1. The van der Waals surface area contributed by atoms with Crippen molar-refractivity contribution in [3.05, 3.63) is 53.6 Å². The second-order valence-corrected chi connectivity index (χ2v) is 6.98. The van der Waals surface area contributed by atoms with Crippen LogP contribution >= 0.6 is 0 Å². The zero-order valence-corrected chi connectivity index (χ0v) is 17.5. The van der Waals surface area contributed by atoms with Gasteiger partial charge in [-0.05, 0) is 45.5 Å². The molecule has 28 heavy (non-hydrogen) atoms. The average molecular weight is 382 g/mol. The quantitative estimate of drug-likeness (QED) is 0.776. The first-order chi connectivity index (χ1) is 13.5. The fraction of sp³-hybridized carbons (Fsp3) is 0.409. The zero-order chi connectivity index (χ0) is 20.5. The monoisotopic (exact) mass is 381 g/mol. The molecule has 0 saturated carbocycles. The largest absolute Gasteiger partial charge is 0.387 e. The fourth-order valence-corrected chi connectivity index (χ4v) is 3.12. The Balaban J connectivity index is 0.000000878. The summed E-state index contributed by atoms with van der Waals surface area (Å²) >= 11 is 0. The summed E-state index contributed by atoms with van der Waals surface area (Å²) in [5.41, 5.74) is 5.70. The van der Waals surface area contributed by atoms with Gasteiger partial charge in [0.05, 0.1) is 5.69 Å². The molecule has 2 N–H and O–H groups in total.